The quantitative estimate of drug-likeness (QED) is 0.544. The van der Waals surface area contributed by atoms with E-state index in [-0.39, 0.29) is 6.79 Å². The zero-order valence-corrected chi connectivity index (χ0v) is 15.7. The summed E-state index contributed by atoms with van der Waals surface area (Å²) in [7, 11) is 0. The number of nitrogens with one attached hydrogen (secondary N) is 1. The lowest BCUT2D eigenvalue weighted by Crippen LogP contribution is -2.25. The lowest BCUT2D eigenvalue weighted by Gasteiger charge is -2.11. The van der Waals surface area contributed by atoms with E-state index in [1.54, 1.807) is 41.1 Å². The van der Waals surface area contributed by atoms with Gasteiger partial charge in [0.05, 0.1) is 5.69 Å². The number of carbonyl (C=O) groups is 2. The van der Waals surface area contributed by atoms with Crippen molar-refractivity contribution in [3.63, 3.8) is 0 Å². The van der Waals surface area contributed by atoms with Crippen LogP contribution >= 0.6 is 0 Å². The van der Waals surface area contributed by atoms with Gasteiger partial charge in [0.15, 0.2) is 11.5 Å². The zero-order chi connectivity index (χ0) is 19.7. The minimum atomic E-state index is -0.695. The van der Waals surface area contributed by atoms with Crippen LogP contribution < -0.4 is 14.8 Å². The summed E-state index contributed by atoms with van der Waals surface area (Å²) in [6.45, 7) is 4.79. The first-order valence-corrected chi connectivity index (χ1v) is 8.98. The normalized spacial score (nSPS) is 12.1. The number of anilines is 1. The third kappa shape index (κ3) is 3.49. The number of fused-ring (bicyclic) bond motifs is 1. The molecule has 0 unspecified atom stereocenters. The van der Waals surface area contributed by atoms with Crippen LogP contribution in [0.3, 0.4) is 0 Å². The van der Waals surface area contributed by atoms with Gasteiger partial charge in [0.25, 0.3) is 11.7 Å². The van der Waals surface area contributed by atoms with Gasteiger partial charge in [0, 0.05) is 24.5 Å². The van der Waals surface area contributed by atoms with Crippen molar-refractivity contribution < 1.29 is 19.1 Å². The summed E-state index contributed by atoms with van der Waals surface area (Å²) in [5.41, 5.74) is 4.31. The lowest BCUT2D eigenvalue weighted by atomic mass is 10.1. The lowest BCUT2D eigenvalue weighted by molar-refractivity contribution is -0.112. The highest BCUT2D eigenvalue weighted by Crippen LogP contribution is 2.34. The average molecular weight is 376 g/mol. The van der Waals surface area contributed by atoms with E-state index in [1.165, 1.54) is 11.1 Å². The summed E-state index contributed by atoms with van der Waals surface area (Å²) < 4.78 is 12.3. The van der Waals surface area contributed by atoms with Crippen molar-refractivity contribution in [1.82, 2.24) is 4.57 Å². The molecule has 6 heteroatoms. The molecule has 3 aromatic rings. The second-order valence-electron chi connectivity index (χ2n) is 6.79. The molecule has 0 atom stereocenters. The first-order valence-electron chi connectivity index (χ1n) is 8.98. The number of aromatic nitrogens is 1. The van der Waals surface area contributed by atoms with Gasteiger partial charge in [-0.1, -0.05) is 18.2 Å². The smallest absolute Gasteiger partial charge is 0.298 e. The van der Waals surface area contributed by atoms with Crippen LogP contribution in [-0.4, -0.2) is 23.1 Å². The molecule has 2 aromatic carbocycles. The average Bonchev–Trinajstić information content (AvgIpc) is 3.33. The number of rotatable bonds is 5. The Labute approximate surface area is 162 Å². The van der Waals surface area contributed by atoms with E-state index in [1.807, 2.05) is 6.07 Å². The third-order valence-corrected chi connectivity index (χ3v) is 4.82. The first-order chi connectivity index (χ1) is 13.5. The van der Waals surface area contributed by atoms with Crippen molar-refractivity contribution in [3.05, 3.63) is 77.1 Å². The predicted molar refractivity (Wildman–Crippen MR) is 105 cm³/mol. The standard InChI is InChI=1S/C22H20N2O4/c1-14-5-6-16(10-15(14)2)12-24-9-3-4-18(24)21(25)22(26)23-17-7-8-19-20(11-17)28-13-27-19/h3-11H,12-13H2,1-2H3,(H,23,26). The molecule has 142 valence electrons. The Morgan fingerprint density at radius 2 is 1.82 bits per heavy atom. The third-order valence-electron chi connectivity index (χ3n) is 4.82. The van der Waals surface area contributed by atoms with Gasteiger partial charge in [0.1, 0.15) is 0 Å². The van der Waals surface area contributed by atoms with Crippen molar-refractivity contribution >= 4 is 17.4 Å². The van der Waals surface area contributed by atoms with Crippen LogP contribution in [0.4, 0.5) is 5.69 Å². The maximum atomic E-state index is 12.7. The summed E-state index contributed by atoms with van der Waals surface area (Å²) in [4.78, 5) is 25.2. The van der Waals surface area contributed by atoms with Gasteiger partial charge in [-0.2, -0.15) is 0 Å². The number of aryl methyl sites for hydroxylation is 2. The van der Waals surface area contributed by atoms with Crippen LogP contribution in [-0.2, 0) is 11.3 Å². The molecule has 0 fully saturated rings. The number of amides is 1. The molecule has 0 radical (unpaired) electrons. The van der Waals surface area contributed by atoms with Gasteiger partial charge in [-0.3, -0.25) is 9.59 Å². The van der Waals surface area contributed by atoms with Crippen LogP contribution in [0.25, 0.3) is 0 Å². The van der Waals surface area contributed by atoms with Crippen molar-refractivity contribution in [2.45, 2.75) is 20.4 Å². The number of hydrogen-bond donors (Lipinski definition) is 1. The number of carbonyl (C=O) groups excluding carboxylic acids is 2. The molecule has 28 heavy (non-hydrogen) atoms. The summed E-state index contributed by atoms with van der Waals surface area (Å²) in [6.07, 6.45) is 1.80. The molecule has 0 aliphatic carbocycles. The first kappa shape index (κ1) is 17.9. The fourth-order valence-electron chi connectivity index (χ4n) is 3.14. The Morgan fingerprint density at radius 1 is 1.00 bits per heavy atom. The zero-order valence-electron chi connectivity index (χ0n) is 15.7. The van der Waals surface area contributed by atoms with Crippen LogP contribution in [0, 0.1) is 13.8 Å². The number of nitrogens with zero attached hydrogens (tertiary/aromatic N) is 1. The molecule has 0 saturated carbocycles. The maximum Gasteiger partial charge on any atom is 0.298 e. The molecule has 2 heterocycles. The second-order valence-corrected chi connectivity index (χ2v) is 6.79. The molecule has 1 N–H and O–H groups in total. The number of benzene rings is 2. The van der Waals surface area contributed by atoms with Crippen LogP contribution in [0.15, 0.2) is 54.7 Å². The highest BCUT2D eigenvalue weighted by atomic mass is 16.7. The SMILES string of the molecule is Cc1ccc(Cn2cccc2C(=O)C(=O)Nc2ccc3c(c2)OCO3)cc1C. The Bertz CT molecular complexity index is 1070. The van der Waals surface area contributed by atoms with Crippen molar-refractivity contribution in [2.75, 3.05) is 12.1 Å². The van der Waals surface area contributed by atoms with Gasteiger partial charge in [-0.25, -0.2) is 0 Å². The van der Waals surface area contributed by atoms with E-state index >= 15 is 0 Å². The second kappa shape index (κ2) is 7.23. The van der Waals surface area contributed by atoms with Crippen molar-refractivity contribution in [2.24, 2.45) is 0 Å². The Kier molecular flexibility index (Phi) is 4.61. The molecule has 0 bridgehead atoms. The largest absolute Gasteiger partial charge is 0.454 e. The van der Waals surface area contributed by atoms with Gasteiger partial charge in [0.2, 0.25) is 6.79 Å². The van der Waals surface area contributed by atoms with Gasteiger partial charge < -0.3 is 19.4 Å². The van der Waals surface area contributed by atoms with E-state index in [4.69, 9.17) is 9.47 Å². The molecule has 4 rings (SSSR count). The minimum Gasteiger partial charge on any atom is -0.454 e. The van der Waals surface area contributed by atoms with E-state index in [2.05, 4.69) is 31.3 Å². The number of hydrogen-bond acceptors (Lipinski definition) is 4. The predicted octanol–water partition coefficient (Wildman–Crippen LogP) is 3.70. The molecular weight excluding hydrogens is 356 g/mol. The number of ether oxygens (including phenoxy) is 2. The van der Waals surface area contributed by atoms with Gasteiger partial charge in [-0.05, 0) is 54.8 Å². The summed E-state index contributed by atoms with van der Waals surface area (Å²) in [6, 6.07) is 14.6. The Morgan fingerprint density at radius 3 is 2.64 bits per heavy atom. The van der Waals surface area contributed by atoms with Gasteiger partial charge in [-0.15, -0.1) is 0 Å². The maximum absolute atomic E-state index is 12.7. The molecule has 1 amide bonds. The number of ketones is 1. The molecule has 0 saturated heterocycles. The molecule has 1 aromatic heterocycles. The monoisotopic (exact) mass is 376 g/mol. The van der Waals surface area contributed by atoms with Gasteiger partial charge >= 0.3 is 0 Å². The van der Waals surface area contributed by atoms with Crippen molar-refractivity contribution in [1.29, 1.82) is 0 Å². The van der Waals surface area contributed by atoms with E-state index in [0.29, 0.717) is 29.4 Å². The van der Waals surface area contributed by atoms with E-state index < -0.39 is 11.7 Å². The summed E-state index contributed by atoms with van der Waals surface area (Å²) in [5.74, 6) is -0.125. The topological polar surface area (TPSA) is 69.6 Å². The van der Waals surface area contributed by atoms with E-state index in [9.17, 15) is 9.59 Å². The molecule has 0 spiro atoms. The van der Waals surface area contributed by atoms with Crippen molar-refractivity contribution in [3.8, 4) is 11.5 Å². The Balaban J connectivity index is 1.49. The van der Waals surface area contributed by atoms with E-state index in [0.717, 1.165) is 5.56 Å². The summed E-state index contributed by atoms with van der Waals surface area (Å²) in [5, 5.41) is 2.63. The highest BCUT2D eigenvalue weighted by Gasteiger charge is 2.21. The van der Waals surface area contributed by atoms with Crippen LogP contribution in [0.5, 0.6) is 11.5 Å². The fourth-order valence-corrected chi connectivity index (χ4v) is 3.14. The number of Topliss-reactive ketones (excluding diaryl/α,β-unsaturated/α-hetero) is 1. The summed E-state index contributed by atoms with van der Waals surface area (Å²) >= 11 is 0. The highest BCUT2D eigenvalue weighted by molar-refractivity contribution is 6.46. The minimum absolute atomic E-state index is 0.150. The fraction of sp³-hybridized carbons (Fsp3) is 0.182. The molecule has 6 nitrogen and oxygen atoms in total. The molecular formula is C22H20N2O4. The van der Waals surface area contributed by atoms with Crippen LogP contribution in [0.2, 0.25) is 0 Å². The molecule has 1 aliphatic heterocycles. The van der Waals surface area contributed by atoms with Crippen LogP contribution in [0.1, 0.15) is 27.2 Å². The Hall–Kier alpha value is -3.54. The molecule has 1 aliphatic rings.